The van der Waals surface area contributed by atoms with Crippen molar-refractivity contribution in [2.45, 2.75) is 41.5 Å². The van der Waals surface area contributed by atoms with Crippen LogP contribution in [0.15, 0.2) is 22.7 Å². The van der Waals surface area contributed by atoms with Crippen molar-refractivity contribution in [1.82, 2.24) is 4.90 Å². The summed E-state index contributed by atoms with van der Waals surface area (Å²) in [6.07, 6.45) is 0. The fourth-order valence-corrected chi connectivity index (χ4v) is 1.11. The van der Waals surface area contributed by atoms with Crippen LogP contribution in [0.1, 0.15) is 41.5 Å². The molecule has 0 radical (unpaired) electrons. The molecule has 0 atom stereocenters. The minimum atomic E-state index is 0.731. The summed E-state index contributed by atoms with van der Waals surface area (Å²) in [5.74, 6) is 2.06. The fourth-order valence-electron chi connectivity index (χ4n) is 1.11. The number of hydrogen-bond acceptors (Lipinski definition) is 3. The van der Waals surface area contributed by atoms with Crippen LogP contribution >= 0.6 is 0 Å². The van der Waals surface area contributed by atoms with Gasteiger partial charge in [-0.15, -0.1) is 0 Å². The standard InChI is InChI=1S/C15H29NO2/c1-12(2)14(5)17-10-8-16(7)9-11-18-15(6)13(3)4/h8-11H2,1-7H3. The molecule has 18 heavy (non-hydrogen) atoms. The smallest absolute Gasteiger partial charge is 0.100 e. The van der Waals surface area contributed by atoms with Crippen LogP contribution in [-0.4, -0.2) is 38.3 Å². The zero-order chi connectivity index (χ0) is 14.1. The van der Waals surface area contributed by atoms with Gasteiger partial charge in [0.25, 0.3) is 0 Å². The van der Waals surface area contributed by atoms with E-state index in [1.165, 1.54) is 11.1 Å². The Bertz CT molecular complexity index is 268. The molecular formula is C15H29NO2. The van der Waals surface area contributed by atoms with Gasteiger partial charge in [-0.1, -0.05) is 0 Å². The molecule has 0 amide bonds. The van der Waals surface area contributed by atoms with Gasteiger partial charge in [0.05, 0.1) is 11.5 Å². The molecule has 106 valence electrons. The minimum absolute atomic E-state index is 0.731. The third-order valence-corrected chi connectivity index (χ3v) is 2.99. The summed E-state index contributed by atoms with van der Waals surface area (Å²) in [4.78, 5) is 2.22. The molecule has 0 rings (SSSR count). The first-order chi connectivity index (χ1) is 8.34. The zero-order valence-electron chi connectivity index (χ0n) is 13.1. The van der Waals surface area contributed by atoms with E-state index in [1.54, 1.807) is 0 Å². The highest BCUT2D eigenvalue weighted by molar-refractivity contribution is 4.99. The summed E-state index contributed by atoms with van der Waals surface area (Å²) in [5.41, 5.74) is 2.47. The minimum Gasteiger partial charge on any atom is -0.497 e. The first kappa shape index (κ1) is 17.0. The molecule has 0 heterocycles. The molecule has 0 aliphatic heterocycles. The van der Waals surface area contributed by atoms with E-state index in [-0.39, 0.29) is 0 Å². The SMILES string of the molecule is CC(C)=C(C)OCCN(C)CCOC(C)=C(C)C. The maximum Gasteiger partial charge on any atom is 0.100 e. The van der Waals surface area contributed by atoms with E-state index in [1.807, 2.05) is 13.8 Å². The van der Waals surface area contributed by atoms with Crippen LogP contribution in [0.25, 0.3) is 0 Å². The molecule has 0 unspecified atom stereocenters. The van der Waals surface area contributed by atoms with Gasteiger partial charge in [-0.2, -0.15) is 0 Å². The Morgan fingerprint density at radius 2 is 1.06 bits per heavy atom. The normalized spacial score (nSPS) is 10.2. The van der Waals surface area contributed by atoms with Crippen LogP contribution in [0.4, 0.5) is 0 Å². The number of ether oxygens (including phenoxy) is 2. The van der Waals surface area contributed by atoms with Crippen molar-refractivity contribution in [2.75, 3.05) is 33.4 Å². The van der Waals surface area contributed by atoms with Crippen molar-refractivity contribution in [2.24, 2.45) is 0 Å². The number of likely N-dealkylation sites (N-methyl/N-ethyl adjacent to an activating group) is 1. The second-order valence-corrected chi connectivity index (χ2v) is 5.11. The fraction of sp³-hybridized carbons (Fsp3) is 0.733. The number of hydrogen-bond donors (Lipinski definition) is 0. The van der Waals surface area contributed by atoms with Gasteiger partial charge in [0.15, 0.2) is 0 Å². The van der Waals surface area contributed by atoms with Crippen molar-refractivity contribution < 1.29 is 9.47 Å². The Kier molecular flexibility index (Phi) is 8.55. The van der Waals surface area contributed by atoms with Crippen molar-refractivity contribution >= 4 is 0 Å². The molecule has 0 spiro atoms. The molecule has 0 saturated carbocycles. The summed E-state index contributed by atoms with van der Waals surface area (Å²) in [6.45, 7) is 15.6. The highest BCUT2D eigenvalue weighted by Gasteiger charge is 2.00. The third kappa shape index (κ3) is 8.18. The van der Waals surface area contributed by atoms with Crippen LogP contribution in [-0.2, 0) is 9.47 Å². The van der Waals surface area contributed by atoms with Gasteiger partial charge in [-0.05, 0) is 59.7 Å². The number of allylic oxidation sites excluding steroid dienone is 4. The Hall–Kier alpha value is -0.960. The molecule has 0 bridgehead atoms. The zero-order valence-corrected chi connectivity index (χ0v) is 13.1. The maximum atomic E-state index is 5.63. The number of rotatable bonds is 8. The quantitative estimate of drug-likeness (QED) is 0.619. The highest BCUT2D eigenvalue weighted by atomic mass is 16.5. The summed E-state index contributed by atoms with van der Waals surface area (Å²) in [6, 6.07) is 0. The van der Waals surface area contributed by atoms with E-state index in [9.17, 15) is 0 Å². The van der Waals surface area contributed by atoms with E-state index in [4.69, 9.17) is 9.47 Å². The molecule has 0 aliphatic carbocycles. The van der Waals surface area contributed by atoms with Gasteiger partial charge in [0.2, 0.25) is 0 Å². The molecule has 0 aromatic carbocycles. The topological polar surface area (TPSA) is 21.7 Å². The van der Waals surface area contributed by atoms with Crippen LogP contribution in [0.3, 0.4) is 0 Å². The van der Waals surface area contributed by atoms with E-state index < -0.39 is 0 Å². The predicted molar refractivity (Wildman–Crippen MR) is 77.5 cm³/mol. The van der Waals surface area contributed by atoms with Crippen LogP contribution in [0.5, 0.6) is 0 Å². The molecule has 0 N–H and O–H groups in total. The third-order valence-electron chi connectivity index (χ3n) is 2.99. The van der Waals surface area contributed by atoms with Crippen molar-refractivity contribution in [3.63, 3.8) is 0 Å². The van der Waals surface area contributed by atoms with E-state index in [0.29, 0.717) is 0 Å². The molecule has 0 aromatic rings. The van der Waals surface area contributed by atoms with Gasteiger partial charge in [0.1, 0.15) is 13.2 Å². The predicted octanol–water partition coefficient (Wildman–Crippen LogP) is 3.58. The van der Waals surface area contributed by atoms with Crippen LogP contribution < -0.4 is 0 Å². The second kappa shape index (κ2) is 9.03. The van der Waals surface area contributed by atoms with Gasteiger partial charge in [-0.25, -0.2) is 0 Å². The molecule has 3 nitrogen and oxygen atoms in total. The van der Waals surface area contributed by atoms with Gasteiger partial charge >= 0.3 is 0 Å². The summed E-state index contributed by atoms with van der Waals surface area (Å²) in [5, 5.41) is 0. The van der Waals surface area contributed by atoms with Gasteiger partial charge in [0, 0.05) is 13.1 Å². The first-order valence-corrected chi connectivity index (χ1v) is 6.57. The lowest BCUT2D eigenvalue weighted by atomic mass is 10.3. The van der Waals surface area contributed by atoms with E-state index >= 15 is 0 Å². The Morgan fingerprint density at radius 1 is 0.722 bits per heavy atom. The summed E-state index contributed by atoms with van der Waals surface area (Å²) in [7, 11) is 2.09. The molecule has 0 fully saturated rings. The van der Waals surface area contributed by atoms with Gasteiger partial charge < -0.3 is 9.47 Å². The average Bonchev–Trinajstić information content (AvgIpc) is 2.28. The summed E-state index contributed by atoms with van der Waals surface area (Å²) < 4.78 is 11.3. The molecular weight excluding hydrogens is 226 g/mol. The molecule has 0 saturated heterocycles. The Labute approximate surface area is 112 Å². The Balaban J connectivity index is 3.71. The monoisotopic (exact) mass is 255 g/mol. The lowest BCUT2D eigenvalue weighted by molar-refractivity contribution is 0.138. The van der Waals surface area contributed by atoms with E-state index in [0.717, 1.165) is 37.8 Å². The van der Waals surface area contributed by atoms with Crippen LogP contribution in [0.2, 0.25) is 0 Å². The first-order valence-electron chi connectivity index (χ1n) is 6.57. The Morgan fingerprint density at radius 3 is 1.33 bits per heavy atom. The van der Waals surface area contributed by atoms with Crippen molar-refractivity contribution in [3.8, 4) is 0 Å². The van der Waals surface area contributed by atoms with Crippen LogP contribution in [0, 0.1) is 0 Å². The lowest BCUT2D eigenvalue weighted by Crippen LogP contribution is -2.26. The maximum absolute atomic E-state index is 5.63. The molecule has 0 aromatic heterocycles. The highest BCUT2D eigenvalue weighted by Crippen LogP contribution is 2.04. The van der Waals surface area contributed by atoms with Crippen molar-refractivity contribution in [3.05, 3.63) is 22.7 Å². The molecule has 0 aliphatic rings. The lowest BCUT2D eigenvalue weighted by Gasteiger charge is -2.18. The summed E-state index contributed by atoms with van der Waals surface area (Å²) >= 11 is 0. The van der Waals surface area contributed by atoms with Crippen molar-refractivity contribution in [1.29, 1.82) is 0 Å². The average molecular weight is 255 g/mol. The second-order valence-electron chi connectivity index (χ2n) is 5.11. The number of nitrogens with zero attached hydrogens (tertiary/aromatic N) is 1. The van der Waals surface area contributed by atoms with E-state index in [2.05, 4.69) is 39.6 Å². The largest absolute Gasteiger partial charge is 0.497 e. The molecule has 3 heteroatoms. The van der Waals surface area contributed by atoms with Gasteiger partial charge in [-0.3, -0.25) is 4.90 Å².